The molecule has 0 saturated heterocycles. The van der Waals surface area contributed by atoms with E-state index in [0.29, 0.717) is 12.1 Å². The minimum atomic E-state index is -1.46. The van der Waals surface area contributed by atoms with E-state index in [1.807, 2.05) is 0 Å². The van der Waals surface area contributed by atoms with Crippen LogP contribution in [0.1, 0.15) is 6.42 Å². The maximum absolute atomic E-state index is 13.7. The molecule has 1 aromatic carbocycles. The molecule has 26 heavy (non-hydrogen) atoms. The lowest BCUT2D eigenvalue weighted by molar-refractivity contribution is -0.137. The molecule has 142 valence electrons. The Balaban J connectivity index is 2.38. The number of carbonyl (C=O) groups is 2. The van der Waals surface area contributed by atoms with Crippen molar-refractivity contribution < 1.29 is 23.1 Å². The lowest BCUT2D eigenvalue weighted by Gasteiger charge is -2.37. The summed E-state index contributed by atoms with van der Waals surface area (Å²) in [4.78, 5) is 26.7. The van der Waals surface area contributed by atoms with Crippen LogP contribution in [0.4, 0.5) is 14.5 Å². The van der Waals surface area contributed by atoms with Crippen LogP contribution < -0.4 is 10.2 Å². The van der Waals surface area contributed by atoms with Crippen LogP contribution in [-0.2, 0) is 14.3 Å². The number of hydrogen-bond donors (Lipinski definition) is 1. The molecule has 1 unspecified atom stereocenters. The second kappa shape index (κ2) is 7.99. The molecule has 1 aliphatic heterocycles. The van der Waals surface area contributed by atoms with Crippen LogP contribution in [0, 0.1) is 11.6 Å². The van der Waals surface area contributed by atoms with Gasteiger partial charge in [-0.2, -0.15) is 0 Å². The number of Topliss-reactive ketones (excluding diaryl/α,β-unsaturated/α-hetero) is 1. The first-order valence-electron chi connectivity index (χ1n) is 8.40. The van der Waals surface area contributed by atoms with Crippen molar-refractivity contribution in [3.63, 3.8) is 0 Å². The van der Waals surface area contributed by atoms with Gasteiger partial charge < -0.3 is 15.0 Å². The molecule has 0 amide bonds. The van der Waals surface area contributed by atoms with Gasteiger partial charge in [-0.25, -0.2) is 13.6 Å². The van der Waals surface area contributed by atoms with Crippen molar-refractivity contribution in [2.45, 2.75) is 38.1 Å². The highest BCUT2D eigenvalue weighted by Gasteiger charge is 2.36. The number of methoxy groups -OCH3 is 1. The Morgan fingerprint density at radius 2 is 1.96 bits per heavy atom. The minimum absolute atomic E-state index is 0.143. The maximum atomic E-state index is 13.7. The Bertz CT molecular complexity index is 732. The highest BCUT2D eigenvalue weighted by Crippen LogP contribution is 2.27. The van der Waals surface area contributed by atoms with Crippen LogP contribution in [0.3, 0.4) is 0 Å². The normalized spacial score (nSPS) is 17.4. The summed E-state index contributed by atoms with van der Waals surface area (Å²) in [7, 11) is -0.220. The van der Waals surface area contributed by atoms with Gasteiger partial charge in [-0.1, -0.05) is 25.7 Å². The molecule has 1 aromatic rings. The summed E-state index contributed by atoms with van der Waals surface area (Å²) in [5.41, 5.74) is 0.473. The molecule has 0 bridgehead atoms. The highest BCUT2D eigenvalue weighted by atomic mass is 28.3. The van der Waals surface area contributed by atoms with Crippen LogP contribution in [0.2, 0.25) is 25.7 Å². The zero-order chi connectivity index (χ0) is 19.5. The van der Waals surface area contributed by atoms with E-state index in [-0.39, 0.29) is 18.0 Å². The monoisotopic (exact) mass is 382 g/mol. The van der Waals surface area contributed by atoms with E-state index in [1.54, 1.807) is 4.90 Å². The number of hydrogen-bond acceptors (Lipinski definition) is 5. The number of esters is 1. The number of ketones is 1. The molecule has 1 aliphatic rings. The summed E-state index contributed by atoms with van der Waals surface area (Å²) >= 11 is 0. The molecular weight excluding hydrogens is 358 g/mol. The van der Waals surface area contributed by atoms with E-state index in [1.165, 1.54) is 19.4 Å². The Kier molecular flexibility index (Phi) is 6.17. The molecule has 5 nitrogen and oxygen atoms in total. The highest BCUT2D eigenvalue weighted by molar-refractivity contribution is 6.76. The number of benzene rings is 1. The van der Waals surface area contributed by atoms with Gasteiger partial charge in [0.25, 0.3) is 0 Å². The molecule has 1 atom stereocenters. The third-order valence-corrected chi connectivity index (χ3v) is 5.96. The van der Waals surface area contributed by atoms with Gasteiger partial charge >= 0.3 is 5.97 Å². The first-order chi connectivity index (χ1) is 12.1. The van der Waals surface area contributed by atoms with E-state index in [0.717, 1.165) is 18.2 Å². The topological polar surface area (TPSA) is 58.6 Å². The van der Waals surface area contributed by atoms with E-state index in [9.17, 15) is 18.4 Å². The summed E-state index contributed by atoms with van der Waals surface area (Å²) < 4.78 is 31.7. The molecule has 1 N–H and O–H groups in total. The van der Waals surface area contributed by atoms with Crippen LogP contribution in [0.5, 0.6) is 0 Å². The van der Waals surface area contributed by atoms with Gasteiger partial charge in [0.15, 0.2) is 17.4 Å². The average molecular weight is 382 g/mol. The van der Waals surface area contributed by atoms with E-state index < -0.39 is 31.7 Å². The zero-order valence-corrected chi connectivity index (χ0v) is 16.4. The predicted molar refractivity (Wildman–Crippen MR) is 98.5 cm³/mol. The van der Waals surface area contributed by atoms with Gasteiger partial charge in [0.1, 0.15) is 6.04 Å². The zero-order valence-electron chi connectivity index (χ0n) is 15.4. The van der Waals surface area contributed by atoms with Gasteiger partial charge in [0.2, 0.25) is 0 Å². The summed E-state index contributed by atoms with van der Waals surface area (Å²) in [5.74, 6) is -2.75. The minimum Gasteiger partial charge on any atom is -0.466 e. The number of carbonyl (C=O) groups excluding carboxylic acids is 2. The number of halogens is 2. The number of ether oxygens (including phenoxy) is 1. The second-order valence-electron chi connectivity index (χ2n) is 7.45. The molecule has 0 aromatic heterocycles. The fourth-order valence-corrected chi connectivity index (χ4v) is 3.76. The van der Waals surface area contributed by atoms with Gasteiger partial charge in [-0.05, 0) is 12.1 Å². The van der Waals surface area contributed by atoms with Crippen LogP contribution in [0.15, 0.2) is 30.0 Å². The van der Waals surface area contributed by atoms with Gasteiger partial charge in [0.05, 0.1) is 19.4 Å². The second-order valence-corrected chi connectivity index (χ2v) is 13.1. The van der Waals surface area contributed by atoms with Crippen molar-refractivity contribution in [2.75, 3.05) is 18.7 Å². The summed E-state index contributed by atoms with van der Waals surface area (Å²) in [6.07, 6.45) is 1.77. The standard InChI is InChI=1S/C18H24F2N2O3Si/c1-25-18(24)13-10-21-11-22(12-5-6-14(19)15(20)9-12)17(13)16(23)7-8-26(2,3)4/h5-6,9-10,17,21H,7-8,11H2,1-4H3. The average Bonchev–Trinajstić information content (AvgIpc) is 2.60. The Morgan fingerprint density at radius 3 is 2.54 bits per heavy atom. The third kappa shape index (κ3) is 4.69. The van der Waals surface area contributed by atoms with Gasteiger partial charge in [-0.3, -0.25) is 4.79 Å². The van der Waals surface area contributed by atoms with Crippen LogP contribution >= 0.6 is 0 Å². The predicted octanol–water partition coefficient (Wildman–Crippen LogP) is 3.05. The summed E-state index contributed by atoms with van der Waals surface area (Å²) in [6, 6.07) is 3.29. The fourth-order valence-electron chi connectivity index (χ4n) is 2.77. The largest absolute Gasteiger partial charge is 0.466 e. The lowest BCUT2D eigenvalue weighted by atomic mass is 9.98. The van der Waals surface area contributed by atoms with Crippen molar-refractivity contribution in [1.29, 1.82) is 0 Å². The molecular formula is C18H24F2N2O3Si. The van der Waals surface area contributed by atoms with Crippen LogP contribution in [0.25, 0.3) is 0 Å². The number of nitrogens with zero attached hydrogens (tertiary/aromatic N) is 1. The molecule has 2 rings (SSSR count). The molecule has 0 saturated carbocycles. The summed E-state index contributed by atoms with van der Waals surface area (Å²) in [6.45, 7) is 6.67. The van der Waals surface area contributed by atoms with Gasteiger partial charge in [0, 0.05) is 32.4 Å². The Hall–Kier alpha value is -2.22. The van der Waals surface area contributed by atoms with Crippen molar-refractivity contribution in [2.24, 2.45) is 0 Å². The van der Waals surface area contributed by atoms with Crippen LogP contribution in [-0.4, -0.2) is 39.6 Å². The van der Waals surface area contributed by atoms with E-state index >= 15 is 0 Å². The van der Waals surface area contributed by atoms with Gasteiger partial charge in [-0.15, -0.1) is 0 Å². The Morgan fingerprint density at radius 1 is 1.27 bits per heavy atom. The quantitative estimate of drug-likeness (QED) is 0.605. The molecule has 0 spiro atoms. The SMILES string of the molecule is COC(=O)C1=CNCN(c2ccc(F)c(F)c2)C1C(=O)CC[Si](C)(C)C. The number of nitrogens with one attached hydrogen (secondary N) is 1. The fraction of sp³-hybridized carbons (Fsp3) is 0.444. The number of rotatable bonds is 6. The first-order valence-corrected chi connectivity index (χ1v) is 12.1. The molecule has 0 radical (unpaired) electrons. The van der Waals surface area contributed by atoms with Crippen molar-refractivity contribution >= 4 is 25.5 Å². The maximum Gasteiger partial charge on any atom is 0.337 e. The molecule has 8 heteroatoms. The van der Waals surface area contributed by atoms with E-state index in [4.69, 9.17) is 4.74 Å². The summed E-state index contributed by atoms with van der Waals surface area (Å²) in [5, 5.41) is 2.89. The van der Waals surface area contributed by atoms with E-state index in [2.05, 4.69) is 25.0 Å². The smallest absolute Gasteiger partial charge is 0.337 e. The van der Waals surface area contributed by atoms with Crippen molar-refractivity contribution in [1.82, 2.24) is 5.32 Å². The Labute approximate surface area is 153 Å². The number of anilines is 1. The molecule has 1 heterocycles. The molecule has 0 fully saturated rings. The first kappa shape index (κ1) is 20.1. The molecule has 0 aliphatic carbocycles. The van der Waals surface area contributed by atoms with Crippen molar-refractivity contribution in [3.05, 3.63) is 41.6 Å². The van der Waals surface area contributed by atoms with Crippen molar-refractivity contribution in [3.8, 4) is 0 Å². The lowest BCUT2D eigenvalue weighted by Crippen LogP contribution is -2.52. The third-order valence-electron chi connectivity index (χ3n) is 4.21.